The van der Waals surface area contributed by atoms with Gasteiger partial charge in [-0.15, -0.1) is 0 Å². The Morgan fingerprint density at radius 1 is 1.06 bits per heavy atom. The van der Waals surface area contributed by atoms with Gasteiger partial charge in [-0.1, -0.05) is 12.1 Å². The van der Waals surface area contributed by atoms with Gasteiger partial charge in [0.05, 0.1) is 16.8 Å². The van der Waals surface area contributed by atoms with Crippen LogP contribution < -0.4 is 10.2 Å². The molecule has 2 aromatic rings. The fraction of sp³-hybridized carbons (Fsp3) is 0.435. The zero-order chi connectivity index (χ0) is 24.0. The molecule has 10 heteroatoms. The van der Waals surface area contributed by atoms with Crippen LogP contribution in [0.5, 0.6) is 0 Å². The molecule has 3 rings (SSSR count). The van der Waals surface area contributed by atoms with E-state index in [1.54, 1.807) is 6.20 Å². The summed E-state index contributed by atoms with van der Waals surface area (Å²) in [7, 11) is -0.105. The van der Waals surface area contributed by atoms with E-state index in [-0.39, 0.29) is 29.6 Å². The predicted octanol–water partition coefficient (Wildman–Crippen LogP) is 2.08. The van der Waals surface area contributed by atoms with E-state index in [0.29, 0.717) is 17.7 Å². The molecule has 0 radical (unpaired) electrons. The summed E-state index contributed by atoms with van der Waals surface area (Å²) in [6.45, 7) is 5.46. The van der Waals surface area contributed by atoms with E-state index in [0.717, 1.165) is 32.0 Å². The van der Waals surface area contributed by atoms with Crippen LogP contribution in [0.15, 0.2) is 47.5 Å². The zero-order valence-corrected chi connectivity index (χ0v) is 20.1. The Morgan fingerprint density at radius 2 is 1.73 bits per heavy atom. The standard InChI is InChI=1S/C23H31N5O4S/c1-18(29)19-6-9-21(10-7-19)33(31,32)27(3)12-4-5-23(30)25-20-8-11-22(24-17-20)28-15-13-26(2)14-16-28/h6-11,17H,4-5,12-16H2,1-3H3,(H,25,30). The van der Waals surface area contributed by atoms with E-state index >= 15 is 0 Å². The molecular weight excluding hydrogens is 442 g/mol. The van der Waals surface area contributed by atoms with Gasteiger partial charge in [0.25, 0.3) is 0 Å². The Balaban J connectivity index is 1.46. The van der Waals surface area contributed by atoms with Crippen molar-refractivity contribution in [3.8, 4) is 0 Å². The summed E-state index contributed by atoms with van der Waals surface area (Å²) in [6.07, 6.45) is 2.20. The lowest BCUT2D eigenvalue weighted by Crippen LogP contribution is -2.44. The molecule has 0 bridgehead atoms. The minimum atomic E-state index is -3.68. The number of hydrogen-bond donors (Lipinski definition) is 1. The van der Waals surface area contributed by atoms with E-state index in [1.165, 1.54) is 42.5 Å². The molecule has 2 heterocycles. The van der Waals surface area contributed by atoms with Crippen molar-refractivity contribution in [2.75, 3.05) is 57.0 Å². The van der Waals surface area contributed by atoms with Gasteiger partial charge >= 0.3 is 0 Å². The Kier molecular flexibility index (Phi) is 8.17. The van der Waals surface area contributed by atoms with E-state index in [4.69, 9.17) is 0 Å². The molecule has 1 fully saturated rings. The molecule has 1 aromatic carbocycles. The molecule has 1 saturated heterocycles. The van der Waals surface area contributed by atoms with Crippen LogP contribution in [0.25, 0.3) is 0 Å². The van der Waals surface area contributed by atoms with Crippen molar-refractivity contribution < 1.29 is 18.0 Å². The smallest absolute Gasteiger partial charge is 0.242 e. The molecule has 1 aliphatic rings. The number of amides is 1. The maximum atomic E-state index is 12.7. The molecule has 33 heavy (non-hydrogen) atoms. The third-order valence-corrected chi connectivity index (χ3v) is 7.58. The second-order valence-corrected chi connectivity index (χ2v) is 10.3. The molecular formula is C23H31N5O4S. The maximum absolute atomic E-state index is 12.7. The summed E-state index contributed by atoms with van der Waals surface area (Å²) in [6, 6.07) is 9.58. The van der Waals surface area contributed by atoms with Gasteiger partial charge in [-0.2, -0.15) is 0 Å². The highest BCUT2D eigenvalue weighted by Gasteiger charge is 2.21. The van der Waals surface area contributed by atoms with Gasteiger partial charge in [-0.25, -0.2) is 17.7 Å². The van der Waals surface area contributed by atoms with E-state index in [9.17, 15) is 18.0 Å². The van der Waals surface area contributed by atoms with Crippen LogP contribution in [-0.4, -0.2) is 81.1 Å². The van der Waals surface area contributed by atoms with Crippen molar-refractivity contribution in [1.82, 2.24) is 14.2 Å². The van der Waals surface area contributed by atoms with Crippen molar-refractivity contribution >= 4 is 33.2 Å². The number of aromatic nitrogens is 1. The zero-order valence-electron chi connectivity index (χ0n) is 19.3. The average molecular weight is 474 g/mol. The number of sulfonamides is 1. The maximum Gasteiger partial charge on any atom is 0.242 e. The Hall–Kier alpha value is -2.82. The first-order valence-corrected chi connectivity index (χ1v) is 12.4. The number of Topliss-reactive ketones (excluding diaryl/α,β-unsaturated/α-hetero) is 1. The average Bonchev–Trinajstić information content (AvgIpc) is 2.80. The number of benzene rings is 1. The third kappa shape index (κ3) is 6.59. The highest BCUT2D eigenvalue weighted by Crippen LogP contribution is 2.18. The van der Waals surface area contributed by atoms with Crippen LogP contribution >= 0.6 is 0 Å². The number of carbonyl (C=O) groups excluding carboxylic acids is 2. The lowest BCUT2D eigenvalue weighted by molar-refractivity contribution is -0.116. The van der Waals surface area contributed by atoms with E-state index in [2.05, 4.69) is 27.1 Å². The van der Waals surface area contributed by atoms with E-state index in [1.807, 2.05) is 12.1 Å². The summed E-state index contributed by atoms with van der Waals surface area (Å²) in [5.74, 6) is 0.576. The molecule has 1 amide bonds. The largest absolute Gasteiger partial charge is 0.354 e. The summed E-state index contributed by atoms with van der Waals surface area (Å²) < 4.78 is 26.6. The van der Waals surface area contributed by atoms with Crippen LogP contribution in [0.3, 0.4) is 0 Å². The van der Waals surface area contributed by atoms with Crippen molar-refractivity contribution in [2.45, 2.75) is 24.7 Å². The SMILES string of the molecule is CC(=O)c1ccc(S(=O)(=O)N(C)CCCC(=O)Nc2ccc(N3CCN(C)CC3)nc2)cc1. The first-order valence-electron chi connectivity index (χ1n) is 10.9. The van der Waals surface area contributed by atoms with Gasteiger partial charge in [0.1, 0.15) is 5.82 Å². The topological polar surface area (TPSA) is 103 Å². The van der Waals surface area contributed by atoms with Crippen LogP contribution in [0.2, 0.25) is 0 Å². The number of piperazine rings is 1. The van der Waals surface area contributed by atoms with Crippen LogP contribution in [0.1, 0.15) is 30.1 Å². The molecule has 0 aliphatic carbocycles. The monoisotopic (exact) mass is 473 g/mol. The van der Waals surface area contributed by atoms with Gasteiger partial charge in [-0.05, 0) is 44.7 Å². The molecule has 178 valence electrons. The second kappa shape index (κ2) is 10.9. The van der Waals surface area contributed by atoms with Crippen molar-refractivity contribution in [3.05, 3.63) is 48.2 Å². The van der Waals surface area contributed by atoms with Crippen molar-refractivity contribution in [2.24, 2.45) is 0 Å². The first-order chi connectivity index (χ1) is 15.7. The quantitative estimate of drug-likeness (QED) is 0.556. The number of hydrogen-bond acceptors (Lipinski definition) is 7. The Bertz CT molecular complexity index is 1060. The van der Waals surface area contributed by atoms with Gasteiger partial charge in [-0.3, -0.25) is 9.59 Å². The van der Waals surface area contributed by atoms with Gasteiger partial charge in [0, 0.05) is 51.8 Å². The predicted molar refractivity (Wildman–Crippen MR) is 128 cm³/mol. The summed E-state index contributed by atoms with van der Waals surface area (Å²) >= 11 is 0. The lowest BCUT2D eigenvalue weighted by Gasteiger charge is -2.33. The van der Waals surface area contributed by atoms with Crippen LogP contribution in [0, 0.1) is 0 Å². The molecule has 9 nitrogen and oxygen atoms in total. The summed E-state index contributed by atoms with van der Waals surface area (Å²) in [5, 5.41) is 2.81. The Morgan fingerprint density at radius 3 is 2.30 bits per heavy atom. The van der Waals surface area contributed by atoms with Gasteiger partial charge in [0.15, 0.2) is 5.78 Å². The molecule has 1 N–H and O–H groups in total. The van der Waals surface area contributed by atoms with Gasteiger partial charge in [0.2, 0.25) is 15.9 Å². The number of nitrogens with one attached hydrogen (secondary N) is 1. The minimum Gasteiger partial charge on any atom is -0.354 e. The third-order valence-electron chi connectivity index (χ3n) is 5.70. The number of pyridine rings is 1. The second-order valence-electron chi connectivity index (χ2n) is 8.25. The number of rotatable bonds is 9. The molecule has 0 atom stereocenters. The number of ketones is 1. The molecule has 1 aromatic heterocycles. The Labute approximate surface area is 195 Å². The first kappa shape index (κ1) is 24.8. The number of anilines is 2. The van der Waals surface area contributed by atoms with Gasteiger partial charge < -0.3 is 15.1 Å². The number of nitrogens with zero attached hydrogens (tertiary/aromatic N) is 4. The van der Waals surface area contributed by atoms with Crippen LogP contribution in [-0.2, 0) is 14.8 Å². The summed E-state index contributed by atoms with van der Waals surface area (Å²) in [4.78, 5) is 32.7. The van der Waals surface area contributed by atoms with Crippen LogP contribution in [0.4, 0.5) is 11.5 Å². The van der Waals surface area contributed by atoms with Crippen molar-refractivity contribution in [3.63, 3.8) is 0 Å². The normalized spacial score (nSPS) is 15.0. The van der Waals surface area contributed by atoms with E-state index < -0.39 is 10.0 Å². The minimum absolute atomic E-state index is 0.117. The molecule has 1 aliphatic heterocycles. The fourth-order valence-corrected chi connectivity index (χ4v) is 4.74. The number of carbonyl (C=O) groups is 2. The lowest BCUT2D eigenvalue weighted by atomic mass is 10.2. The molecule has 0 saturated carbocycles. The van der Waals surface area contributed by atoms with Crippen molar-refractivity contribution in [1.29, 1.82) is 0 Å². The highest BCUT2D eigenvalue weighted by molar-refractivity contribution is 7.89. The molecule has 0 unspecified atom stereocenters. The molecule has 0 spiro atoms. The fourth-order valence-electron chi connectivity index (χ4n) is 3.53. The highest BCUT2D eigenvalue weighted by atomic mass is 32.2. The number of likely N-dealkylation sites (N-methyl/N-ethyl adjacent to an activating group) is 1. The summed E-state index contributed by atoms with van der Waals surface area (Å²) in [5.41, 5.74) is 1.07.